The number of hydrogen-bond donors (Lipinski definition) is 0. The van der Waals surface area contributed by atoms with Gasteiger partial charge in [0, 0.05) is 41.2 Å². The molecule has 0 atom stereocenters. The number of rotatable bonds is 2. The molecule has 3 nitrogen and oxygen atoms in total. The number of benzene rings is 1. The Bertz CT molecular complexity index is 902. The van der Waals surface area contributed by atoms with Gasteiger partial charge in [0.25, 0.3) is 0 Å². The third-order valence-corrected chi connectivity index (χ3v) is 7.55. The summed E-state index contributed by atoms with van der Waals surface area (Å²) in [7, 11) is 2.10. The number of thiazole rings is 1. The van der Waals surface area contributed by atoms with Gasteiger partial charge in [0.2, 0.25) is 0 Å². The first-order chi connectivity index (χ1) is 12.1. The highest BCUT2D eigenvalue weighted by Gasteiger charge is 2.33. The highest BCUT2D eigenvalue weighted by molar-refractivity contribution is 8.09. The van der Waals surface area contributed by atoms with Gasteiger partial charge >= 0.3 is 0 Å². The summed E-state index contributed by atoms with van der Waals surface area (Å²) >= 11 is 11.3. The van der Waals surface area contributed by atoms with E-state index < -0.39 is 0 Å². The Kier molecular flexibility index (Phi) is 4.62. The molecule has 0 spiro atoms. The molecule has 0 saturated carbocycles. The van der Waals surface area contributed by atoms with Crippen molar-refractivity contribution in [1.29, 1.82) is 0 Å². The van der Waals surface area contributed by atoms with Crippen molar-refractivity contribution in [3.63, 3.8) is 0 Å². The lowest BCUT2D eigenvalue weighted by atomic mass is 10.3. The van der Waals surface area contributed by atoms with Gasteiger partial charge < -0.3 is 9.80 Å². The molecule has 1 aromatic carbocycles. The Labute approximate surface area is 165 Å². The molecule has 1 saturated heterocycles. The van der Waals surface area contributed by atoms with E-state index in [4.69, 9.17) is 11.6 Å². The molecule has 0 radical (unpaired) electrons. The topological polar surface area (TPSA) is 19.4 Å². The van der Waals surface area contributed by atoms with Crippen LogP contribution in [0.15, 0.2) is 61.9 Å². The summed E-state index contributed by atoms with van der Waals surface area (Å²) in [5.74, 6) is 0. The van der Waals surface area contributed by atoms with E-state index in [9.17, 15) is 0 Å². The molecule has 128 valence electrons. The molecule has 2 aliphatic heterocycles. The van der Waals surface area contributed by atoms with Crippen molar-refractivity contribution in [3.05, 3.63) is 67.0 Å². The van der Waals surface area contributed by atoms with Gasteiger partial charge in [-0.15, -0.1) is 11.3 Å². The molecule has 0 bridgehead atoms. The zero-order valence-electron chi connectivity index (χ0n) is 13.8. The Morgan fingerprint density at radius 3 is 2.88 bits per heavy atom. The first-order valence-corrected chi connectivity index (χ1v) is 10.7. The van der Waals surface area contributed by atoms with E-state index in [1.165, 1.54) is 25.5 Å². The normalized spacial score (nSPS) is 21.6. The molecule has 0 unspecified atom stereocenters. The first kappa shape index (κ1) is 17.1. The van der Waals surface area contributed by atoms with Crippen molar-refractivity contribution in [1.82, 2.24) is 9.88 Å². The largest absolute Gasteiger partial charge is 0.337 e. The monoisotopic (exact) mass is 405 g/mol. The van der Waals surface area contributed by atoms with Crippen LogP contribution in [0.1, 0.15) is 11.9 Å². The lowest BCUT2D eigenvalue weighted by Crippen LogP contribution is -2.16. The van der Waals surface area contributed by atoms with Crippen LogP contribution < -0.4 is 4.90 Å². The van der Waals surface area contributed by atoms with Crippen LogP contribution in [0.25, 0.3) is 6.08 Å². The standard InChI is InChI=1S/C18H16ClN3S3/c1-4-22-11(2)17(25-16(22)10-15-20-7-8-23-15)18-21(3)13-6-5-12(19)9-14(13)24-18/h5-10H,2,4H2,1,3H3. The van der Waals surface area contributed by atoms with Crippen molar-refractivity contribution in [2.24, 2.45) is 0 Å². The highest BCUT2D eigenvalue weighted by Crippen LogP contribution is 2.54. The van der Waals surface area contributed by atoms with Crippen molar-refractivity contribution >= 4 is 58.2 Å². The Morgan fingerprint density at radius 2 is 2.16 bits per heavy atom. The van der Waals surface area contributed by atoms with Crippen LogP contribution in [0, 0.1) is 0 Å². The van der Waals surface area contributed by atoms with Crippen molar-refractivity contribution in [2.45, 2.75) is 11.8 Å². The number of thioether (sulfide) groups is 2. The molecule has 0 N–H and O–H groups in total. The van der Waals surface area contributed by atoms with Crippen molar-refractivity contribution in [2.75, 3.05) is 18.5 Å². The minimum absolute atomic E-state index is 0.767. The maximum Gasteiger partial charge on any atom is 0.118 e. The fourth-order valence-electron chi connectivity index (χ4n) is 2.83. The summed E-state index contributed by atoms with van der Waals surface area (Å²) in [6.45, 7) is 7.38. The second-order valence-electron chi connectivity index (χ2n) is 5.55. The van der Waals surface area contributed by atoms with E-state index in [1.807, 2.05) is 23.7 Å². The van der Waals surface area contributed by atoms with Crippen LogP contribution >= 0.6 is 46.5 Å². The van der Waals surface area contributed by atoms with Gasteiger partial charge in [-0.25, -0.2) is 4.98 Å². The van der Waals surface area contributed by atoms with Gasteiger partial charge in [-0.3, -0.25) is 0 Å². The lowest BCUT2D eigenvalue weighted by molar-refractivity contribution is 0.507. The molecule has 4 rings (SSSR count). The fourth-order valence-corrected chi connectivity index (χ4v) is 6.29. The van der Waals surface area contributed by atoms with Crippen LogP contribution in [0.3, 0.4) is 0 Å². The molecule has 25 heavy (non-hydrogen) atoms. The summed E-state index contributed by atoms with van der Waals surface area (Å²) in [6, 6.07) is 6.04. The van der Waals surface area contributed by atoms with Crippen LogP contribution in [-0.2, 0) is 0 Å². The van der Waals surface area contributed by atoms with E-state index in [0.717, 1.165) is 22.3 Å². The molecule has 0 aliphatic carbocycles. The molecule has 0 amide bonds. The van der Waals surface area contributed by atoms with E-state index in [2.05, 4.69) is 47.5 Å². The number of aromatic nitrogens is 1. The maximum absolute atomic E-state index is 6.16. The summed E-state index contributed by atoms with van der Waals surface area (Å²) in [4.78, 5) is 11.2. The Balaban J connectivity index is 1.74. The molecule has 3 heterocycles. The average Bonchev–Trinajstić information content (AvgIpc) is 3.27. The summed E-state index contributed by atoms with van der Waals surface area (Å²) in [5.41, 5.74) is 2.23. The second-order valence-corrected chi connectivity index (χ2v) is 8.98. The van der Waals surface area contributed by atoms with Gasteiger partial charge in [-0.2, -0.15) is 0 Å². The predicted octanol–water partition coefficient (Wildman–Crippen LogP) is 6.09. The third kappa shape index (κ3) is 3.01. The number of fused-ring (bicyclic) bond motifs is 1. The van der Waals surface area contributed by atoms with Gasteiger partial charge in [-0.05, 0) is 25.1 Å². The van der Waals surface area contributed by atoms with Crippen molar-refractivity contribution in [3.8, 4) is 0 Å². The molecule has 2 aliphatic rings. The quantitative estimate of drug-likeness (QED) is 0.600. The highest BCUT2D eigenvalue weighted by atomic mass is 35.5. The molecule has 2 aromatic rings. The number of anilines is 1. The minimum Gasteiger partial charge on any atom is -0.337 e. The van der Waals surface area contributed by atoms with E-state index in [-0.39, 0.29) is 0 Å². The molecular weight excluding hydrogens is 390 g/mol. The lowest BCUT2D eigenvalue weighted by Gasteiger charge is -2.18. The average molecular weight is 406 g/mol. The fraction of sp³-hybridized carbons (Fsp3) is 0.167. The first-order valence-electron chi connectivity index (χ1n) is 7.79. The number of nitrogens with zero attached hydrogens (tertiary/aromatic N) is 3. The second kappa shape index (κ2) is 6.76. The predicted molar refractivity (Wildman–Crippen MR) is 112 cm³/mol. The smallest absolute Gasteiger partial charge is 0.118 e. The molecule has 1 aromatic heterocycles. The third-order valence-electron chi connectivity index (χ3n) is 4.06. The Morgan fingerprint density at radius 1 is 1.32 bits per heavy atom. The van der Waals surface area contributed by atoms with Crippen LogP contribution in [-0.4, -0.2) is 23.5 Å². The number of hydrogen-bond acceptors (Lipinski definition) is 6. The van der Waals surface area contributed by atoms with E-state index in [0.29, 0.717) is 0 Å². The summed E-state index contributed by atoms with van der Waals surface area (Å²) in [6.07, 6.45) is 3.98. The summed E-state index contributed by atoms with van der Waals surface area (Å²) < 4.78 is 0. The van der Waals surface area contributed by atoms with Gasteiger partial charge in [-0.1, -0.05) is 41.7 Å². The van der Waals surface area contributed by atoms with E-state index in [1.54, 1.807) is 34.9 Å². The minimum atomic E-state index is 0.767. The molecule has 1 fully saturated rings. The van der Waals surface area contributed by atoms with Gasteiger partial charge in [0.05, 0.1) is 26.3 Å². The maximum atomic E-state index is 6.16. The zero-order chi connectivity index (χ0) is 17.6. The van der Waals surface area contributed by atoms with Crippen LogP contribution in [0.4, 0.5) is 5.69 Å². The van der Waals surface area contributed by atoms with Gasteiger partial charge in [0.15, 0.2) is 0 Å². The zero-order valence-corrected chi connectivity index (χ0v) is 17.0. The van der Waals surface area contributed by atoms with Crippen LogP contribution in [0.5, 0.6) is 0 Å². The van der Waals surface area contributed by atoms with Crippen LogP contribution in [0.2, 0.25) is 5.02 Å². The van der Waals surface area contributed by atoms with Crippen molar-refractivity contribution < 1.29 is 0 Å². The Hall–Kier alpha value is -1.34. The molecule has 7 heteroatoms. The van der Waals surface area contributed by atoms with Gasteiger partial charge in [0.1, 0.15) is 5.01 Å². The molecular formula is C18H16ClN3S3. The number of halogens is 1. The van der Waals surface area contributed by atoms with E-state index >= 15 is 0 Å². The SMILES string of the molecule is C=C1C(=C2Sc3cc(Cl)ccc3N2C)SC(=Cc2nccs2)N1CC. The number of likely N-dealkylation sites (N-methyl/N-ethyl adjacent to an activating group) is 1. The summed E-state index contributed by atoms with van der Waals surface area (Å²) in [5, 5.41) is 6.16.